The Morgan fingerprint density at radius 1 is 0.742 bits per heavy atom. The fraction of sp³-hybridized carbons (Fsp3) is 0.895. The summed E-state index contributed by atoms with van der Waals surface area (Å²) in [5.74, 6) is 4.29. The number of nitrogens with zero attached hydrogens (tertiary/aromatic N) is 1. The fourth-order valence-electron chi connectivity index (χ4n) is 13.4. The maximum Gasteiger partial charge on any atom is 0.0936 e. The quantitative estimate of drug-likeness (QED) is 0.0513. The smallest absolute Gasteiger partial charge is 0.0936 e. The molecule has 0 aromatic carbocycles. The predicted octanol–water partition coefficient (Wildman–Crippen LogP) is 15.1. The van der Waals surface area contributed by atoms with Gasteiger partial charge in [0, 0.05) is 26.2 Å². The van der Waals surface area contributed by atoms with Crippen LogP contribution >= 0.6 is 0 Å². The molecule has 1 aliphatic heterocycles. The summed E-state index contributed by atoms with van der Waals surface area (Å²) in [5, 5.41) is 0. The second-order valence-corrected chi connectivity index (χ2v) is 22.4. The molecule has 4 fully saturated rings. The number of morpholine rings is 1. The van der Waals surface area contributed by atoms with Gasteiger partial charge in [0.05, 0.1) is 45.2 Å². The maximum absolute atomic E-state index is 6.64. The summed E-state index contributed by atoms with van der Waals surface area (Å²) in [6.07, 6.45) is 45.6. The van der Waals surface area contributed by atoms with Gasteiger partial charge >= 0.3 is 0 Å². The number of unbranched alkanes of at least 4 members (excludes halogenated alkanes) is 11. The lowest BCUT2D eigenvalue weighted by atomic mass is 9.44. The minimum Gasteiger partial charge on any atom is -0.379 e. The van der Waals surface area contributed by atoms with E-state index in [9.17, 15) is 0 Å². The zero-order valence-corrected chi connectivity index (χ0v) is 42.1. The fourth-order valence-corrected chi connectivity index (χ4v) is 13.4. The van der Waals surface area contributed by atoms with Crippen LogP contribution in [0.4, 0.5) is 0 Å². The average Bonchev–Trinajstić information content (AvgIpc) is 3.55. The topological polar surface area (TPSA) is 40.2 Å². The van der Waals surface area contributed by atoms with Crippen molar-refractivity contribution in [3.05, 3.63) is 36.0 Å². The van der Waals surface area contributed by atoms with Crippen LogP contribution in [0.15, 0.2) is 36.0 Å². The lowest BCUT2D eigenvalue weighted by Gasteiger charge is -2.60. The highest BCUT2D eigenvalue weighted by atomic mass is 16.6. The minimum atomic E-state index is 0.0867. The Morgan fingerprint density at radius 3 is 2.16 bits per heavy atom. The second-order valence-electron chi connectivity index (χ2n) is 22.4. The maximum atomic E-state index is 6.64. The van der Waals surface area contributed by atoms with E-state index in [2.05, 4.69) is 83.7 Å². The van der Waals surface area contributed by atoms with Crippen molar-refractivity contribution < 1.29 is 18.9 Å². The van der Waals surface area contributed by atoms with Crippen molar-refractivity contribution in [1.29, 1.82) is 0 Å². The van der Waals surface area contributed by atoms with Gasteiger partial charge in [-0.15, -0.1) is 0 Å². The van der Waals surface area contributed by atoms with Crippen molar-refractivity contribution in [2.24, 2.45) is 45.8 Å². The van der Waals surface area contributed by atoms with Crippen molar-refractivity contribution in [2.75, 3.05) is 59.3 Å². The van der Waals surface area contributed by atoms with E-state index >= 15 is 0 Å². The molecular weight excluding hydrogens is 763 g/mol. The van der Waals surface area contributed by atoms with Crippen molar-refractivity contribution in [2.45, 2.75) is 221 Å². The van der Waals surface area contributed by atoms with Crippen LogP contribution in [0.25, 0.3) is 0 Å². The molecule has 0 N–H and O–H groups in total. The van der Waals surface area contributed by atoms with E-state index in [1.807, 2.05) is 0 Å². The Hall–Kier alpha value is -0.980. The predicted molar refractivity (Wildman–Crippen MR) is 264 cm³/mol. The van der Waals surface area contributed by atoms with Gasteiger partial charge in [-0.2, -0.15) is 0 Å². The summed E-state index contributed by atoms with van der Waals surface area (Å²) in [6.45, 7) is 25.2. The molecule has 0 spiro atoms. The summed E-state index contributed by atoms with van der Waals surface area (Å²) < 4.78 is 25.1. The van der Waals surface area contributed by atoms with Gasteiger partial charge in [0.25, 0.3) is 0 Å². The minimum absolute atomic E-state index is 0.0867. The van der Waals surface area contributed by atoms with E-state index < -0.39 is 0 Å². The molecule has 9 atom stereocenters. The highest BCUT2D eigenvalue weighted by Gasteiger charge is 2.63. The lowest BCUT2D eigenvalue weighted by molar-refractivity contribution is -0.0968. The molecule has 4 aliphatic carbocycles. The van der Waals surface area contributed by atoms with Gasteiger partial charge in [-0.1, -0.05) is 155 Å². The monoisotopic (exact) mass is 864 g/mol. The average molecular weight is 864 g/mol. The molecule has 0 aromatic rings. The van der Waals surface area contributed by atoms with E-state index in [-0.39, 0.29) is 6.10 Å². The van der Waals surface area contributed by atoms with Crippen molar-refractivity contribution in [3.63, 3.8) is 0 Å². The molecule has 0 amide bonds. The third-order valence-corrected chi connectivity index (χ3v) is 17.9. The van der Waals surface area contributed by atoms with Crippen LogP contribution in [-0.2, 0) is 18.9 Å². The van der Waals surface area contributed by atoms with E-state index in [1.165, 1.54) is 141 Å². The number of rotatable bonds is 31. The Labute approximate surface area is 384 Å². The second kappa shape index (κ2) is 27.6. The summed E-state index contributed by atoms with van der Waals surface area (Å²) >= 11 is 0. The molecule has 0 bridgehead atoms. The van der Waals surface area contributed by atoms with Gasteiger partial charge in [0.15, 0.2) is 0 Å². The molecule has 5 rings (SSSR count). The van der Waals surface area contributed by atoms with Gasteiger partial charge in [-0.05, 0) is 136 Å². The first-order chi connectivity index (χ1) is 30.1. The molecule has 62 heavy (non-hydrogen) atoms. The molecule has 5 aliphatic rings. The summed E-state index contributed by atoms with van der Waals surface area (Å²) in [4.78, 5) is 2.49. The van der Waals surface area contributed by atoms with Gasteiger partial charge < -0.3 is 18.9 Å². The highest BCUT2D eigenvalue weighted by Crippen LogP contribution is 2.71. The Bertz CT molecular complexity index is 1300. The standard InChI is InChI=1S/C57H101NO4/c1-8-9-10-11-12-13-14-15-16-17-18-19-20-21-22-23-24-25-39-60-46-51(45-58-37-40-59-41-38-58)62-43-42-61-50-31-34-55(5)49(44-50)29-30-52-53(55)32-36-57(7)54(52)33-35-56(57,6)48(4)28-26-27-47(2)3/h12-13,15-16,29,47-48,50-54H,8-11,14,17-28,30-46H2,1-7H3/b13-12-,16-15-/t48-,50+,51?,52-,53+,54+,55+,56-,57+/m1/s1. The van der Waals surface area contributed by atoms with Crippen molar-refractivity contribution >= 4 is 0 Å². The molecule has 3 saturated carbocycles. The normalized spacial score (nSPS) is 31.4. The molecule has 5 nitrogen and oxygen atoms in total. The number of hydrogen-bond acceptors (Lipinski definition) is 5. The first kappa shape index (κ1) is 52.0. The number of fused-ring (bicyclic) bond motifs is 5. The van der Waals surface area contributed by atoms with Crippen LogP contribution in [0, 0.1) is 45.8 Å². The number of allylic oxidation sites excluding steroid dienone is 5. The lowest BCUT2D eigenvalue weighted by Crippen LogP contribution is -2.53. The first-order valence-electron chi connectivity index (χ1n) is 27.2. The SMILES string of the molecule is CCCCC/C=C\C/C=C\CCCCCCCCCCOCC(CN1CCOCC1)OCCO[C@H]1CC[C@@]2(C)C(=CC[C@@H]3[C@@H]2CC[C@@]2(C)[C@H]3CC[C@]2(C)[C@H](C)CCCC(C)C)C1. The number of hydrogen-bond donors (Lipinski definition) is 0. The van der Waals surface area contributed by atoms with Crippen LogP contribution < -0.4 is 0 Å². The van der Waals surface area contributed by atoms with Gasteiger partial charge in [0.2, 0.25) is 0 Å². The molecule has 1 saturated heterocycles. The third-order valence-electron chi connectivity index (χ3n) is 17.9. The molecule has 358 valence electrons. The van der Waals surface area contributed by atoms with E-state index in [4.69, 9.17) is 18.9 Å². The van der Waals surface area contributed by atoms with Gasteiger partial charge in [-0.25, -0.2) is 0 Å². The Morgan fingerprint density at radius 2 is 1.44 bits per heavy atom. The summed E-state index contributed by atoms with van der Waals surface area (Å²) in [7, 11) is 0. The van der Waals surface area contributed by atoms with Gasteiger partial charge in [-0.3, -0.25) is 4.90 Å². The van der Waals surface area contributed by atoms with Crippen molar-refractivity contribution in [3.8, 4) is 0 Å². The highest BCUT2D eigenvalue weighted by molar-refractivity contribution is 5.26. The molecule has 0 aromatic heterocycles. The Balaban J connectivity index is 0.950. The third kappa shape index (κ3) is 15.3. The van der Waals surface area contributed by atoms with E-state index in [1.54, 1.807) is 5.57 Å². The largest absolute Gasteiger partial charge is 0.379 e. The van der Waals surface area contributed by atoms with E-state index in [0.717, 1.165) is 88.3 Å². The molecule has 5 heteroatoms. The molecule has 1 heterocycles. The first-order valence-corrected chi connectivity index (χ1v) is 27.2. The zero-order chi connectivity index (χ0) is 44.1. The van der Waals surface area contributed by atoms with Gasteiger partial charge in [0.1, 0.15) is 0 Å². The van der Waals surface area contributed by atoms with Crippen LogP contribution in [0.2, 0.25) is 0 Å². The van der Waals surface area contributed by atoms with Crippen LogP contribution in [0.3, 0.4) is 0 Å². The molecule has 0 radical (unpaired) electrons. The summed E-state index contributed by atoms with van der Waals surface area (Å²) in [6, 6.07) is 0. The van der Waals surface area contributed by atoms with Crippen LogP contribution in [0.1, 0.15) is 209 Å². The van der Waals surface area contributed by atoms with Crippen molar-refractivity contribution in [1.82, 2.24) is 4.90 Å². The molecule has 1 unspecified atom stereocenters. The number of ether oxygens (including phenoxy) is 4. The zero-order valence-electron chi connectivity index (χ0n) is 42.1. The summed E-state index contributed by atoms with van der Waals surface area (Å²) in [5.41, 5.74) is 3.09. The van der Waals surface area contributed by atoms with Crippen LogP contribution in [-0.4, -0.2) is 76.4 Å². The van der Waals surface area contributed by atoms with E-state index in [0.29, 0.717) is 42.2 Å². The Kier molecular flexibility index (Phi) is 23.2. The molecular formula is C57H101NO4. The van der Waals surface area contributed by atoms with Crippen LogP contribution in [0.5, 0.6) is 0 Å².